The lowest BCUT2D eigenvalue weighted by Gasteiger charge is -2.13. The number of aryl methyl sites for hydroxylation is 1. The SMILES string of the molecule is CC(CCc1ccccc1)Nc1ncc(Br)cn1. The molecule has 1 atom stereocenters. The Morgan fingerprint density at radius 1 is 1.17 bits per heavy atom. The predicted molar refractivity (Wildman–Crippen MR) is 77.6 cm³/mol. The molecule has 0 amide bonds. The Labute approximate surface area is 116 Å². The number of aromatic nitrogens is 2. The summed E-state index contributed by atoms with van der Waals surface area (Å²) in [6.07, 6.45) is 5.62. The topological polar surface area (TPSA) is 37.8 Å². The Hall–Kier alpha value is -1.42. The van der Waals surface area contributed by atoms with E-state index in [0.29, 0.717) is 12.0 Å². The van der Waals surface area contributed by atoms with Gasteiger partial charge in [-0.3, -0.25) is 0 Å². The molecule has 2 rings (SSSR count). The number of hydrogen-bond donors (Lipinski definition) is 1. The van der Waals surface area contributed by atoms with Gasteiger partial charge in [0.2, 0.25) is 5.95 Å². The number of anilines is 1. The Balaban J connectivity index is 1.82. The zero-order chi connectivity index (χ0) is 12.8. The molecule has 0 aliphatic rings. The van der Waals surface area contributed by atoms with Crippen LogP contribution in [0.4, 0.5) is 5.95 Å². The second-order valence-electron chi connectivity index (χ2n) is 4.29. The molecule has 1 heterocycles. The second kappa shape index (κ2) is 6.50. The molecular weight excluding hydrogens is 290 g/mol. The maximum atomic E-state index is 4.20. The molecule has 1 aromatic heterocycles. The predicted octanol–water partition coefficient (Wildman–Crippen LogP) is 3.67. The van der Waals surface area contributed by atoms with Crippen LogP contribution in [0, 0.1) is 0 Å². The number of benzene rings is 1. The second-order valence-corrected chi connectivity index (χ2v) is 5.21. The zero-order valence-electron chi connectivity index (χ0n) is 10.3. The number of halogens is 1. The highest BCUT2D eigenvalue weighted by atomic mass is 79.9. The van der Waals surface area contributed by atoms with E-state index in [2.05, 4.69) is 62.4 Å². The van der Waals surface area contributed by atoms with Gasteiger partial charge in [0.25, 0.3) is 0 Å². The minimum atomic E-state index is 0.353. The zero-order valence-corrected chi connectivity index (χ0v) is 11.9. The quantitative estimate of drug-likeness (QED) is 0.916. The van der Waals surface area contributed by atoms with E-state index >= 15 is 0 Å². The normalized spacial score (nSPS) is 12.1. The summed E-state index contributed by atoms with van der Waals surface area (Å²) in [5.74, 6) is 0.679. The van der Waals surface area contributed by atoms with Gasteiger partial charge in [-0.05, 0) is 41.3 Å². The Morgan fingerprint density at radius 2 is 1.83 bits per heavy atom. The minimum Gasteiger partial charge on any atom is -0.352 e. The van der Waals surface area contributed by atoms with Gasteiger partial charge in [0, 0.05) is 18.4 Å². The van der Waals surface area contributed by atoms with Crippen molar-refractivity contribution in [2.24, 2.45) is 0 Å². The first-order chi connectivity index (χ1) is 8.74. The van der Waals surface area contributed by atoms with E-state index in [0.717, 1.165) is 17.3 Å². The third kappa shape index (κ3) is 4.11. The molecule has 94 valence electrons. The van der Waals surface area contributed by atoms with Crippen LogP contribution in [-0.2, 0) is 6.42 Å². The molecular formula is C14H16BrN3. The number of nitrogens with zero attached hydrogens (tertiary/aromatic N) is 2. The van der Waals surface area contributed by atoms with Crippen molar-refractivity contribution in [2.45, 2.75) is 25.8 Å². The van der Waals surface area contributed by atoms with E-state index < -0.39 is 0 Å². The van der Waals surface area contributed by atoms with Crippen molar-refractivity contribution in [1.29, 1.82) is 0 Å². The molecule has 0 radical (unpaired) electrons. The van der Waals surface area contributed by atoms with Crippen molar-refractivity contribution in [3.8, 4) is 0 Å². The molecule has 4 heteroatoms. The summed E-state index contributed by atoms with van der Waals surface area (Å²) in [6.45, 7) is 2.15. The first-order valence-corrected chi connectivity index (χ1v) is 6.81. The van der Waals surface area contributed by atoms with Crippen LogP contribution in [0.1, 0.15) is 18.9 Å². The number of nitrogens with one attached hydrogen (secondary N) is 1. The smallest absolute Gasteiger partial charge is 0.222 e. The van der Waals surface area contributed by atoms with Crippen molar-refractivity contribution in [3.63, 3.8) is 0 Å². The number of hydrogen-bond acceptors (Lipinski definition) is 3. The highest BCUT2D eigenvalue weighted by Crippen LogP contribution is 2.10. The lowest BCUT2D eigenvalue weighted by atomic mass is 10.1. The molecule has 0 aliphatic heterocycles. The van der Waals surface area contributed by atoms with Gasteiger partial charge in [-0.1, -0.05) is 30.3 Å². The van der Waals surface area contributed by atoms with E-state index in [-0.39, 0.29) is 0 Å². The minimum absolute atomic E-state index is 0.353. The lowest BCUT2D eigenvalue weighted by Crippen LogP contribution is -2.17. The van der Waals surface area contributed by atoms with Gasteiger partial charge in [0.1, 0.15) is 0 Å². The molecule has 2 aromatic rings. The fourth-order valence-electron chi connectivity index (χ4n) is 1.71. The fourth-order valence-corrected chi connectivity index (χ4v) is 1.91. The molecule has 0 aliphatic carbocycles. The summed E-state index contributed by atoms with van der Waals surface area (Å²) < 4.78 is 0.894. The summed E-state index contributed by atoms with van der Waals surface area (Å²) in [6, 6.07) is 10.9. The van der Waals surface area contributed by atoms with Crippen molar-refractivity contribution in [2.75, 3.05) is 5.32 Å². The van der Waals surface area contributed by atoms with Crippen LogP contribution < -0.4 is 5.32 Å². The molecule has 0 spiro atoms. The van der Waals surface area contributed by atoms with E-state index in [1.165, 1.54) is 5.56 Å². The van der Waals surface area contributed by atoms with Crippen molar-refractivity contribution in [1.82, 2.24) is 9.97 Å². The van der Waals surface area contributed by atoms with Gasteiger partial charge in [0.05, 0.1) is 4.47 Å². The van der Waals surface area contributed by atoms with Gasteiger partial charge >= 0.3 is 0 Å². The summed E-state index contributed by atoms with van der Waals surface area (Å²) in [5.41, 5.74) is 1.36. The standard InChI is InChI=1S/C14H16BrN3/c1-11(7-8-12-5-3-2-4-6-12)18-14-16-9-13(15)10-17-14/h2-6,9-11H,7-8H2,1H3,(H,16,17,18). The Kier molecular flexibility index (Phi) is 4.70. The molecule has 1 N–H and O–H groups in total. The number of rotatable bonds is 5. The van der Waals surface area contributed by atoms with Crippen LogP contribution in [0.25, 0.3) is 0 Å². The van der Waals surface area contributed by atoms with Gasteiger partial charge < -0.3 is 5.32 Å². The maximum Gasteiger partial charge on any atom is 0.222 e. The molecule has 0 saturated carbocycles. The largest absolute Gasteiger partial charge is 0.352 e. The summed E-state index contributed by atoms with van der Waals surface area (Å²) in [4.78, 5) is 8.41. The summed E-state index contributed by atoms with van der Waals surface area (Å²) in [5, 5.41) is 3.30. The van der Waals surface area contributed by atoms with E-state index in [4.69, 9.17) is 0 Å². The van der Waals surface area contributed by atoms with Crippen LogP contribution in [0.3, 0.4) is 0 Å². The molecule has 1 aromatic carbocycles. The molecule has 0 bridgehead atoms. The monoisotopic (exact) mass is 305 g/mol. The van der Waals surface area contributed by atoms with Crippen LogP contribution in [0.15, 0.2) is 47.2 Å². The van der Waals surface area contributed by atoms with Crippen LogP contribution in [0.2, 0.25) is 0 Å². The van der Waals surface area contributed by atoms with Crippen LogP contribution in [0.5, 0.6) is 0 Å². The summed E-state index contributed by atoms with van der Waals surface area (Å²) in [7, 11) is 0. The first-order valence-electron chi connectivity index (χ1n) is 6.02. The molecule has 18 heavy (non-hydrogen) atoms. The van der Waals surface area contributed by atoms with E-state index in [1.54, 1.807) is 12.4 Å². The first kappa shape index (κ1) is 13.0. The highest BCUT2D eigenvalue weighted by molar-refractivity contribution is 9.10. The van der Waals surface area contributed by atoms with Crippen LogP contribution in [-0.4, -0.2) is 16.0 Å². The van der Waals surface area contributed by atoms with Gasteiger partial charge in [-0.15, -0.1) is 0 Å². The van der Waals surface area contributed by atoms with Crippen molar-refractivity contribution in [3.05, 3.63) is 52.8 Å². The fraction of sp³-hybridized carbons (Fsp3) is 0.286. The third-order valence-corrected chi connectivity index (χ3v) is 3.11. The molecule has 0 saturated heterocycles. The molecule has 1 unspecified atom stereocenters. The highest BCUT2D eigenvalue weighted by Gasteiger charge is 2.04. The average Bonchev–Trinajstić information content (AvgIpc) is 2.40. The third-order valence-electron chi connectivity index (χ3n) is 2.70. The van der Waals surface area contributed by atoms with Gasteiger partial charge in [-0.2, -0.15) is 0 Å². The maximum absolute atomic E-state index is 4.20. The van der Waals surface area contributed by atoms with Gasteiger partial charge in [0.15, 0.2) is 0 Å². The summed E-state index contributed by atoms with van der Waals surface area (Å²) >= 11 is 3.32. The Morgan fingerprint density at radius 3 is 2.50 bits per heavy atom. The average molecular weight is 306 g/mol. The van der Waals surface area contributed by atoms with Gasteiger partial charge in [-0.25, -0.2) is 9.97 Å². The van der Waals surface area contributed by atoms with Crippen LogP contribution >= 0.6 is 15.9 Å². The molecule has 3 nitrogen and oxygen atoms in total. The van der Waals surface area contributed by atoms with Crippen molar-refractivity contribution < 1.29 is 0 Å². The lowest BCUT2D eigenvalue weighted by molar-refractivity contribution is 0.698. The molecule has 0 fully saturated rings. The van der Waals surface area contributed by atoms with Crippen molar-refractivity contribution >= 4 is 21.9 Å². The Bertz CT molecular complexity index is 470. The van der Waals surface area contributed by atoms with E-state index in [9.17, 15) is 0 Å². The van der Waals surface area contributed by atoms with E-state index in [1.807, 2.05) is 6.07 Å².